The molecule has 5 nitrogen and oxygen atoms in total. The van der Waals surface area contributed by atoms with Crippen LogP contribution >= 0.6 is 0 Å². The summed E-state index contributed by atoms with van der Waals surface area (Å²) in [6.45, 7) is 3.77. The van der Waals surface area contributed by atoms with Gasteiger partial charge in [-0.05, 0) is 24.5 Å². The molecule has 1 aromatic carbocycles. The third-order valence-electron chi connectivity index (χ3n) is 2.68. The van der Waals surface area contributed by atoms with E-state index in [4.69, 9.17) is 10.8 Å². The number of nitrogens with one attached hydrogen (secondary N) is 1. The van der Waals surface area contributed by atoms with Gasteiger partial charge >= 0.3 is 5.97 Å². The van der Waals surface area contributed by atoms with E-state index < -0.39 is 12.0 Å². The minimum Gasteiger partial charge on any atom is -0.480 e. The predicted octanol–water partition coefficient (Wildman–Crippen LogP) is 1.74. The molecular formula is C14H20N2O3. The van der Waals surface area contributed by atoms with Crippen molar-refractivity contribution in [3.8, 4) is 0 Å². The lowest BCUT2D eigenvalue weighted by Crippen LogP contribution is -2.32. The molecule has 1 aromatic rings. The molecule has 1 atom stereocenters. The number of carboxylic acids is 1. The van der Waals surface area contributed by atoms with Crippen molar-refractivity contribution in [2.45, 2.75) is 26.3 Å². The van der Waals surface area contributed by atoms with Crippen molar-refractivity contribution in [2.75, 3.05) is 11.9 Å². The van der Waals surface area contributed by atoms with Crippen molar-refractivity contribution in [1.29, 1.82) is 0 Å². The van der Waals surface area contributed by atoms with E-state index in [1.54, 1.807) is 24.3 Å². The van der Waals surface area contributed by atoms with Gasteiger partial charge in [0.1, 0.15) is 6.54 Å². The summed E-state index contributed by atoms with van der Waals surface area (Å²) >= 11 is 0. The van der Waals surface area contributed by atoms with E-state index in [-0.39, 0.29) is 12.3 Å². The van der Waals surface area contributed by atoms with Gasteiger partial charge in [0.2, 0.25) is 0 Å². The fourth-order valence-electron chi connectivity index (χ4n) is 1.84. The molecule has 0 aliphatic carbocycles. The number of Topliss-reactive ketones (excluding diaryl/α,β-unsaturated/α-hetero) is 1. The molecule has 1 rings (SSSR count). The average Bonchev–Trinajstić information content (AvgIpc) is 2.35. The summed E-state index contributed by atoms with van der Waals surface area (Å²) in [5.74, 6) is -0.811. The minimum atomic E-state index is -0.978. The smallest absolute Gasteiger partial charge is 0.322 e. The molecule has 0 amide bonds. The molecule has 5 heteroatoms. The number of nitrogens with two attached hydrogens (primary N) is 1. The Morgan fingerprint density at radius 2 is 1.95 bits per heavy atom. The SMILES string of the molecule is CC(C)CC(N)C(=O)c1ccccc1NCC(=O)O. The minimum absolute atomic E-state index is 0.165. The van der Waals surface area contributed by atoms with E-state index in [1.807, 2.05) is 13.8 Å². The summed E-state index contributed by atoms with van der Waals surface area (Å²) in [5.41, 5.74) is 6.83. The van der Waals surface area contributed by atoms with Crippen LogP contribution in [0, 0.1) is 5.92 Å². The number of carbonyl (C=O) groups is 2. The van der Waals surface area contributed by atoms with Crippen molar-refractivity contribution < 1.29 is 14.7 Å². The van der Waals surface area contributed by atoms with Crippen LogP contribution in [-0.2, 0) is 4.79 Å². The summed E-state index contributed by atoms with van der Waals surface area (Å²) in [6.07, 6.45) is 0.603. The molecule has 0 saturated carbocycles. The van der Waals surface area contributed by atoms with Gasteiger partial charge in [0.25, 0.3) is 0 Å². The van der Waals surface area contributed by atoms with Gasteiger partial charge in [-0.25, -0.2) is 0 Å². The zero-order chi connectivity index (χ0) is 14.4. The predicted molar refractivity (Wildman–Crippen MR) is 74.3 cm³/mol. The summed E-state index contributed by atoms with van der Waals surface area (Å²) < 4.78 is 0. The Hall–Kier alpha value is -1.88. The third kappa shape index (κ3) is 4.71. The second kappa shape index (κ2) is 6.89. The van der Waals surface area contributed by atoms with E-state index in [0.717, 1.165) is 0 Å². The standard InChI is InChI=1S/C14H20N2O3/c1-9(2)7-11(15)14(19)10-5-3-4-6-12(10)16-8-13(17)18/h3-6,9,11,16H,7-8,15H2,1-2H3,(H,17,18). The number of hydrogen-bond donors (Lipinski definition) is 3. The number of anilines is 1. The highest BCUT2D eigenvalue weighted by Gasteiger charge is 2.19. The highest BCUT2D eigenvalue weighted by Crippen LogP contribution is 2.18. The highest BCUT2D eigenvalue weighted by atomic mass is 16.4. The van der Waals surface area contributed by atoms with Crippen LogP contribution in [0.5, 0.6) is 0 Å². The van der Waals surface area contributed by atoms with Gasteiger partial charge in [-0.2, -0.15) is 0 Å². The van der Waals surface area contributed by atoms with E-state index in [2.05, 4.69) is 5.32 Å². The van der Waals surface area contributed by atoms with Gasteiger partial charge in [-0.1, -0.05) is 26.0 Å². The van der Waals surface area contributed by atoms with Crippen LogP contribution < -0.4 is 11.1 Å². The first-order chi connectivity index (χ1) is 8.91. The van der Waals surface area contributed by atoms with Crippen molar-refractivity contribution >= 4 is 17.4 Å². The Kier molecular flexibility index (Phi) is 5.51. The zero-order valence-corrected chi connectivity index (χ0v) is 11.2. The Bertz CT molecular complexity index is 458. The topological polar surface area (TPSA) is 92.4 Å². The second-order valence-electron chi connectivity index (χ2n) is 4.89. The maximum atomic E-state index is 12.2. The lowest BCUT2D eigenvalue weighted by atomic mass is 9.96. The van der Waals surface area contributed by atoms with E-state index >= 15 is 0 Å². The molecule has 1 unspecified atom stereocenters. The van der Waals surface area contributed by atoms with Gasteiger partial charge in [-0.15, -0.1) is 0 Å². The van der Waals surface area contributed by atoms with E-state index in [1.165, 1.54) is 0 Å². The quantitative estimate of drug-likeness (QED) is 0.652. The van der Waals surface area contributed by atoms with Gasteiger partial charge in [0.15, 0.2) is 5.78 Å². The molecule has 0 heterocycles. The maximum Gasteiger partial charge on any atom is 0.322 e. The largest absolute Gasteiger partial charge is 0.480 e. The molecule has 4 N–H and O–H groups in total. The van der Waals surface area contributed by atoms with Gasteiger partial charge < -0.3 is 16.2 Å². The van der Waals surface area contributed by atoms with Crippen LogP contribution in [0.1, 0.15) is 30.6 Å². The third-order valence-corrected chi connectivity index (χ3v) is 2.68. The second-order valence-corrected chi connectivity index (χ2v) is 4.89. The first-order valence-electron chi connectivity index (χ1n) is 6.26. The van der Waals surface area contributed by atoms with Crippen molar-refractivity contribution in [2.24, 2.45) is 11.7 Å². The number of carbonyl (C=O) groups excluding carboxylic acids is 1. The number of carboxylic acid groups (broad SMARTS) is 1. The summed E-state index contributed by atoms with van der Waals surface area (Å²) in [4.78, 5) is 22.8. The van der Waals surface area contributed by atoms with Gasteiger partial charge in [0, 0.05) is 11.3 Å². The van der Waals surface area contributed by atoms with Crippen LogP contribution in [0.4, 0.5) is 5.69 Å². The fraction of sp³-hybridized carbons (Fsp3) is 0.429. The Morgan fingerprint density at radius 3 is 2.53 bits per heavy atom. The van der Waals surface area contributed by atoms with Crippen molar-refractivity contribution in [3.05, 3.63) is 29.8 Å². The van der Waals surface area contributed by atoms with Gasteiger partial charge in [0.05, 0.1) is 6.04 Å². The maximum absolute atomic E-state index is 12.2. The zero-order valence-electron chi connectivity index (χ0n) is 11.2. The van der Waals surface area contributed by atoms with Crippen LogP contribution in [0.15, 0.2) is 24.3 Å². The molecule has 0 fully saturated rings. The van der Waals surface area contributed by atoms with E-state index in [9.17, 15) is 9.59 Å². The van der Waals surface area contributed by atoms with Crippen molar-refractivity contribution in [1.82, 2.24) is 0 Å². The number of rotatable bonds is 7. The molecule has 19 heavy (non-hydrogen) atoms. The number of aliphatic carboxylic acids is 1. The number of ketones is 1. The Labute approximate surface area is 112 Å². The van der Waals surface area contributed by atoms with Crippen LogP contribution in [0.2, 0.25) is 0 Å². The van der Waals surface area contributed by atoms with Crippen molar-refractivity contribution in [3.63, 3.8) is 0 Å². The first-order valence-corrected chi connectivity index (χ1v) is 6.26. The molecule has 104 valence electrons. The first kappa shape index (κ1) is 15.2. The molecular weight excluding hydrogens is 244 g/mol. The molecule has 0 radical (unpaired) electrons. The van der Waals surface area contributed by atoms with Crippen LogP contribution in [0.3, 0.4) is 0 Å². The molecule has 0 bridgehead atoms. The van der Waals surface area contributed by atoms with Crippen LogP contribution in [0.25, 0.3) is 0 Å². The average molecular weight is 264 g/mol. The molecule has 0 aliphatic heterocycles. The molecule has 0 aliphatic rings. The molecule has 0 saturated heterocycles. The lowest BCUT2D eigenvalue weighted by Gasteiger charge is -2.15. The number of benzene rings is 1. The number of para-hydroxylation sites is 1. The van der Waals surface area contributed by atoms with Crippen LogP contribution in [-0.4, -0.2) is 29.4 Å². The summed E-state index contributed by atoms with van der Waals surface area (Å²) in [7, 11) is 0. The summed E-state index contributed by atoms with van der Waals surface area (Å²) in [6, 6.07) is 6.26. The fourth-order valence-corrected chi connectivity index (χ4v) is 1.84. The lowest BCUT2D eigenvalue weighted by molar-refractivity contribution is -0.134. The van der Waals surface area contributed by atoms with Gasteiger partial charge in [-0.3, -0.25) is 9.59 Å². The normalized spacial score (nSPS) is 12.2. The van der Waals surface area contributed by atoms with E-state index in [0.29, 0.717) is 23.6 Å². The molecule has 0 aromatic heterocycles. The molecule has 0 spiro atoms. The monoisotopic (exact) mass is 264 g/mol. The Morgan fingerprint density at radius 1 is 1.32 bits per heavy atom. The Balaban J connectivity index is 2.86. The number of hydrogen-bond acceptors (Lipinski definition) is 4. The highest BCUT2D eigenvalue weighted by molar-refractivity contribution is 6.04. The summed E-state index contributed by atoms with van der Waals surface area (Å²) in [5, 5.41) is 11.4.